The Bertz CT molecular complexity index is 780. The fraction of sp³-hybridized carbons (Fsp3) is 0.0833. The molecule has 0 saturated carbocycles. The van der Waals surface area contributed by atoms with E-state index in [1.165, 1.54) is 34.4 Å². The van der Waals surface area contributed by atoms with Gasteiger partial charge in [-0.3, -0.25) is 0 Å². The van der Waals surface area contributed by atoms with Gasteiger partial charge in [-0.25, -0.2) is 4.79 Å². The van der Waals surface area contributed by atoms with Crippen molar-refractivity contribution in [1.29, 1.82) is 0 Å². The number of thioether (sulfide) groups is 1. The Morgan fingerprint density at radius 2 is 2.29 bits per heavy atom. The molecule has 9 heteroatoms. The smallest absolute Gasteiger partial charge is 0.345 e. The molecule has 108 valence electrons. The first-order valence-electron chi connectivity index (χ1n) is 5.64. The van der Waals surface area contributed by atoms with Gasteiger partial charge in [-0.2, -0.15) is 0 Å². The normalized spacial score (nSPS) is 10.9. The number of carboxylic acid groups (broad SMARTS) is 1. The van der Waals surface area contributed by atoms with Crippen LogP contribution in [0.2, 0.25) is 0 Å². The fourth-order valence-electron chi connectivity index (χ4n) is 1.49. The topological polar surface area (TPSA) is 76.2 Å². The van der Waals surface area contributed by atoms with Gasteiger partial charge >= 0.3 is 5.97 Å². The monoisotopic (exact) mass is 402 g/mol. The Kier molecular flexibility index (Phi) is 4.43. The van der Waals surface area contributed by atoms with Crippen molar-refractivity contribution in [2.45, 2.75) is 10.6 Å². The molecule has 0 aliphatic heterocycles. The molecule has 3 aromatic rings. The first-order chi connectivity index (χ1) is 10.1. The van der Waals surface area contributed by atoms with E-state index in [4.69, 9.17) is 9.52 Å². The van der Waals surface area contributed by atoms with Crippen LogP contribution in [0.3, 0.4) is 0 Å². The number of nitrogens with zero attached hydrogens (tertiary/aromatic N) is 2. The molecule has 3 aromatic heterocycles. The Hall–Kier alpha value is -1.16. The highest BCUT2D eigenvalue weighted by atomic mass is 79.9. The SMILES string of the molecule is O=C(O)c1cc(SCc2nnc(-c3ccc(Br)s3)o2)cs1. The molecule has 0 saturated heterocycles. The molecule has 0 aliphatic rings. The minimum atomic E-state index is -0.907. The number of carbonyl (C=O) groups is 1. The van der Waals surface area contributed by atoms with E-state index in [-0.39, 0.29) is 0 Å². The zero-order chi connectivity index (χ0) is 14.8. The molecular weight excluding hydrogens is 396 g/mol. The van der Waals surface area contributed by atoms with Crippen LogP contribution in [0.15, 0.2) is 36.7 Å². The van der Waals surface area contributed by atoms with Crippen molar-refractivity contribution < 1.29 is 14.3 Å². The van der Waals surface area contributed by atoms with E-state index in [1.807, 2.05) is 17.5 Å². The second-order valence-corrected chi connectivity index (χ2v) is 8.27. The van der Waals surface area contributed by atoms with E-state index in [9.17, 15) is 4.79 Å². The summed E-state index contributed by atoms with van der Waals surface area (Å²) >= 11 is 7.59. The summed E-state index contributed by atoms with van der Waals surface area (Å²) in [6.07, 6.45) is 0. The predicted octanol–water partition coefficient (Wildman–Crippen LogP) is 4.61. The van der Waals surface area contributed by atoms with Gasteiger partial charge in [0, 0.05) is 10.3 Å². The average Bonchev–Trinajstić information content (AvgIpc) is 3.16. The zero-order valence-corrected chi connectivity index (χ0v) is 14.3. The molecule has 3 heterocycles. The number of carboxylic acids is 1. The number of halogens is 1. The van der Waals surface area contributed by atoms with Crippen LogP contribution in [0.4, 0.5) is 0 Å². The van der Waals surface area contributed by atoms with Gasteiger partial charge in [0.1, 0.15) is 4.88 Å². The standard InChI is InChI=1S/C12H7BrN2O3S3/c13-9-2-1-7(21-9)11-15-14-10(18-11)5-19-6-3-8(12(16)17)20-4-6/h1-4H,5H2,(H,16,17). The lowest BCUT2D eigenvalue weighted by atomic mass is 10.5. The number of aromatic nitrogens is 2. The molecule has 0 radical (unpaired) electrons. The van der Waals surface area contributed by atoms with Gasteiger partial charge in [0.25, 0.3) is 5.89 Å². The first kappa shape index (κ1) is 14.8. The van der Waals surface area contributed by atoms with E-state index in [2.05, 4.69) is 26.1 Å². The van der Waals surface area contributed by atoms with Gasteiger partial charge in [-0.1, -0.05) is 0 Å². The summed E-state index contributed by atoms with van der Waals surface area (Å²) in [5, 5.41) is 18.7. The lowest BCUT2D eigenvalue weighted by Crippen LogP contribution is -1.89. The van der Waals surface area contributed by atoms with Crippen molar-refractivity contribution in [3.05, 3.63) is 38.1 Å². The molecule has 0 unspecified atom stereocenters. The largest absolute Gasteiger partial charge is 0.477 e. The quantitative estimate of drug-likeness (QED) is 0.627. The molecule has 0 bridgehead atoms. The molecule has 0 aromatic carbocycles. The maximum Gasteiger partial charge on any atom is 0.345 e. The molecule has 0 fully saturated rings. The van der Waals surface area contributed by atoms with Gasteiger partial charge in [-0.05, 0) is 34.1 Å². The number of rotatable bonds is 5. The van der Waals surface area contributed by atoms with Gasteiger partial charge in [0.05, 0.1) is 14.4 Å². The highest BCUT2D eigenvalue weighted by molar-refractivity contribution is 9.11. The summed E-state index contributed by atoms with van der Waals surface area (Å²) in [5.41, 5.74) is 0. The second kappa shape index (κ2) is 6.30. The van der Waals surface area contributed by atoms with Crippen molar-refractivity contribution in [2.24, 2.45) is 0 Å². The zero-order valence-electron chi connectivity index (χ0n) is 10.3. The van der Waals surface area contributed by atoms with E-state index >= 15 is 0 Å². The van der Waals surface area contributed by atoms with Crippen LogP contribution in [0.1, 0.15) is 15.6 Å². The summed E-state index contributed by atoms with van der Waals surface area (Å²) in [6.45, 7) is 0. The summed E-state index contributed by atoms with van der Waals surface area (Å²) in [7, 11) is 0. The van der Waals surface area contributed by atoms with Crippen molar-refractivity contribution in [3.8, 4) is 10.8 Å². The minimum Gasteiger partial charge on any atom is -0.477 e. The van der Waals surface area contributed by atoms with Gasteiger partial charge < -0.3 is 9.52 Å². The van der Waals surface area contributed by atoms with Crippen LogP contribution in [-0.4, -0.2) is 21.3 Å². The lowest BCUT2D eigenvalue weighted by molar-refractivity contribution is 0.0702. The highest BCUT2D eigenvalue weighted by Gasteiger charge is 2.12. The molecule has 1 N–H and O–H groups in total. The van der Waals surface area contributed by atoms with E-state index in [0.29, 0.717) is 22.4 Å². The molecule has 0 spiro atoms. The maximum absolute atomic E-state index is 10.8. The predicted molar refractivity (Wildman–Crippen MR) is 86.2 cm³/mol. The number of aromatic carboxylic acids is 1. The van der Waals surface area contributed by atoms with Crippen LogP contribution in [0, 0.1) is 0 Å². The third-order valence-corrected chi connectivity index (χ3v) is 6.04. The van der Waals surface area contributed by atoms with E-state index in [0.717, 1.165) is 13.6 Å². The van der Waals surface area contributed by atoms with E-state index in [1.54, 1.807) is 6.07 Å². The van der Waals surface area contributed by atoms with Crippen molar-refractivity contribution in [2.75, 3.05) is 0 Å². The fourth-order valence-corrected chi connectivity index (χ4v) is 4.51. The third-order valence-electron chi connectivity index (χ3n) is 2.40. The number of thiophene rings is 2. The second-order valence-electron chi connectivity index (χ2n) is 3.85. The van der Waals surface area contributed by atoms with Gasteiger partial charge in [0.15, 0.2) is 0 Å². The summed E-state index contributed by atoms with van der Waals surface area (Å²) in [4.78, 5) is 12.9. The van der Waals surface area contributed by atoms with Crippen molar-refractivity contribution in [1.82, 2.24) is 10.2 Å². The maximum atomic E-state index is 10.8. The lowest BCUT2D eigenvalue weighted by Gasteiger charge is -1.92. The summed E-state index contributed by atoms with van der Waals surface area (Å²) in [5.74, 6) is 0.616. The number of hydrogen-bond donors (Lipinski definition) is 1. The van der Waals surface area contributed by atoms with Crippen molar-refractivity contribution >= 4 is 56.3 Å². The number of hydrogen-bond acceptors (Lipinski definition) is 7. The molecule has 0 amide bonds. The molecular formula is C12H7BrN2O3S3. The Balaban J connectivity index is 1.65. The van der Waals surface area contributed by atoms with Crippen LogP contribution in [0.25, 0.3) is 10.8 Å². The van der Waals surface area contributed by atoms with Gasteiger partial charge in [-0.15, -0.1) is 44.6 Å². The molecule has 0 aliphatic carbocycles. The Labute approximate surface area is 140 Å². The summed E-state index contributed by atoms with van der Waals surface area (Å²) < 4.78 is 6.60. The summed E-state index contributed by atoms with van der Waals surface area (Å²) in [6, 6.07) is 5.49. The van der Waals surface area contributed by atoms with E-state index < -0.39 is 5.97 Å². The molecule has 3 rings (SSSR count). The molecule has 21 heavy (non-hydrogen) atoms. The Morgan fingerprint density at radius 1 is 1.43 bits per heavy atom. The first-order valence-corrected chi connectivity index (χ1v) is 9.12. The minimum absolute atomic E-state index is 0.326. The Morgan fingerprint density at radius 3 is 2.95 bits per heavy atom. The van der Waals surface area contributed by atoms with Crippen molar-refractivity contribution in [3.63, 3.8) is 0 Å². The molecule has 5 nitrogen and oxygen atoms in total. The molecule has 0 atom stereocenters. The third kappa shape index (κ3) is 3.54. The average molecular weight is 403 g/mol. The van der Waals surface area contributed by atoms with Crippen LogP contribution in [0.5, 0.6) is 0 Å². The van der Waals surface area contributed by atoms with Crippen LogP contribution >= 0.6 is 50.4 Å². The van der Waals surface area contributed by atoms with Gasteiger partial charge in [0.2, 0.25) is 5.89 Å². The van der Waals surface area contributed by atoms with Crippen LogP contribution < -0.4 is 0 Å². The highest BCUT2D eigenvalue weighted by Crippen LogP contribution is 2.32. The van der Waals surface area contributed by atoms with Crippen LogP contribution in [-0.2, 0) is 5.75 Å².